The Kier molecular flexibility index (Phi) is 6.95. The van der Waals surface area contributed by atoms with Crippen molar-refractivity contribution in [2.24, 2.45) is 5.92 Å². The van der Waals surface area contributed by atoms with Crippen molar-refractivity contribution in [1.82, 2.24) is 0 Å². The summed E-state index contributed by atoms with van der Waals surface area (Å²) in [6.45, 7) is 12.1. The number of fused-ring (bicyclic) bond motifs is 1. The van der Waals surface area contributed by atoms with Crippen LogP contribution in [0.2, 0.25) is 0 Å². The standard InChI is InChI=1S/C22H33N/c1-5-7-9-17(3)10-8-11-18(4)14-19(6-2)20-12-13-21-16-23-22(21)15-20/h7,9,12-13,15,18-19,23H,3,5-6,8,10-11,14,16H2,1-2,4H3/b9-7-. The molecule has 0 fully saturated rings. The molecule has 23 heavy (non-hydrogen) atoms. The molecule has 2 atom stereocenters. The van der Waals surface area contributed by atoms with Crippen LogP contribution in [0.4, 0.5) is 5.69 Å². The smallest absolute Gasteiger partial charge is 0.0421 e. The first-order valence-corrected chi connectivity index (χ1v) is 9.35. The molecule has 0 saturated carbocycles. The third-order valence-electron chi connectivity index (χ3n) is 5.04. The Morgan fingerprint density at radius 1 is 1.35 bits per heavy atom. The molecule has 0 bridgehead atoms. The topological polar surface area (TPSA) is 12.0 Å². The first-order chi connectivity index (χ1) is 11.1. The van der Waals surface area contributed by atoms with Crippen LogP contribution in [0.1, 0.15) is 76.3 Å². The van der Waals surface area contributed by atoms with Crippen LogP contribution in [0, 0.1) is 5.92 Å². The van der Waals surface area contributed by atoms with E-state index in [9.17, 15) is 0 Å². The van der Waals surface area contributed by atoms with Gasteiger partial charge < -0.3 is 5.32 Å². The van der Waals surface area contributed by atoms with Crippen molar-refractivity contribution in [2.45, 2.75) is 71.8 Å². The van der Waals surface area contributed by atoms with Gasteiger partial charge in [-0.15, -0.1) is 0 Å². The van der Waals surface area contributed by atoms with Crippen molar-refractivity contribution in [3.05, 3.63) is 53.6 Å². The maximum atomic E-state index is 4.14. The van der Waals surface area contributed by atoms with Crippen LogP contribution < -0.4 is 5.32 Å². The molecule has 1 heterocycles. The first kappa shape index (κ1) is 17.8. The maximum absolute atomic E-state index is 4.14. The zero-order valence-electron chi connectivity index (χ0n) is 15.2. The number of benzene rings is 1. The lowest BCUT2D eigenvalue weighted by molar-refractivity contribution is 0.422. The van der Waals surface area contributed by atoms with Crippen molar-refractivity contribution < 1.29 is 0 Å². The fourth-order valence-electron chi connectivity index (χ4n) is 3.44. The summed E-state index contributed by atoms with van der Waals surface area (Å²) in [5.74, 6) is 1.47. The molecule has 2 rings (SSSR count). The van der Waals surface area contributed by atoms with E-state index >= 15 is 0 Å². The van der Waals surface area contributed by atoms with Gasteiger partial charge in [0.1, 0.15) is 0 Å². The monoisotopic (exact) mass is 311 g/mol. The van der Waals surface area contributed by atoms with Gasteiger partial charge in [-0.3, -0.25) is 0 Å². The minimum Gasteiger partial charge on any atom is -0.381 e. The van der Waals surface area contributed by atoms with Crippen LogP contribution in [0.3, 0.4) is 0 Å². The fraction of sp³-hybridized carbons (Fsp3) is 0.545. The molecule has 0 saturated heterocycles. The van der Waals surface area contributed by atoms with Gasteiger partial charge in [0.25, 0.3) is 0 Å². The van der Waals surface area contributed by atoms with Crippen molar-refractivity contribution in [2.75, 3.05) is 5.32 Å². The SMILES string of the molecule is C=C(/C=C\CC)CCCC(C)CC(CC)c1ccc2c(c1)NC2. The second-order valence-corrected chi connectivity index (χ2v) is 7.08. The Bertz CT molecular complexity index is 541. The Hall–Kier alpha value is -1.50. The number of nitrogens with one attached hydrogen (secondary N) is 1. The Balaban J connectivity index is 1.78. The molecule has 0 aromatic heterocycles. The maximum Gasteiger partial charge on any atom is 0.0421 e. The van der Waals surface area contributed by atoms with E-state index in [0.717, 1.165) is 25.3 Å². The van der Waals surface area contributed by atoms with Gasteiger partial charge in [0.2, 0.25) is 0 Å². The quantitative estimate of drug-likeness (QED) is 0.467. The van der Waals surface area contributed by atoms with Crippen LogP contribution in [0.5, 0.6) is 0 Å². The predicted molar refractivity (Wildman–Crippen MR) is 103 cm³/mol. The highest BCUT2D eigenvalue weighted by molar-refractivity contribution is 5.61. The summed E-state index contributed by atoms with van der Waals surface area (Å²) < 4.78 is 0. The van der Waals surface area contributed by atoms with Crippen molar-refractivity contribution in [3.63, 3.8) is 0 Å². The minimum absolute atomic E-state index is 0.695. The zero-order chi connectivity index (χ0) is 16.7. The van der Waals surface area contributed by atoms with E-state index in [1.54, 1.807) is 0 Å². The van der Waals surface area contributed by atoms with Crippen LogP contribution in [-0.4, -0.2) is 0 Å². The van der Waals surface area contributed by atoms with Crippen LogP contribution in [-0.2, 0) is 6.54 Å². The van der Waals surface area contributed by atoms with E-state index < -0.39 is 0 Å². The third-order valence-corrected chi connectivity index (χ3v) is 5.04. The fourth-order valence-corrected chi connectivity index (χ4v) is 3.44. The molecule has 1 aliphatic heterocycles. The Morgan fingerprint density at radius 2 is 2.17 bits per heavy atom. The molecule has 1 aromatic carbocycles. The molecule has 0 radical (unpaired) electrons. The van der Waals surface area contributed by atoms with Gasteiger partial charge in [-0.2, -0.15) is 0 Å². The number of allylic oxidation sites excluding steroid dienone is 3. The van der Waals surface area contributed by atoms with Gasteiger partial charge >= 0.3 is 0 Å². The number of rotatable bonds is 10. The minimum atomic E-state index is 0.695. The second-order valence-electron chi connectivity index (χ2n) is 7.08. The molecule has 1 N–H and O–H groups in total. The largest absolute Gasteiger partial charge is 0.381 e. The second kappa shape index (κ2) is 8.96. The number of hydrogen-bond acceptors (Lipinski definition) is 1. The van der Waals surface area contributed by atoms with E-state index in [-0.39, 0.29) is 0 Å². The molecule has 126 valence electrons. The average molecular weight is 312 g/mol. The highest BCUT2D eigenvalue weighted by Crippen LogP contribution is 2.34. The van der Waals surface area contributed by atoms with Gasteiger partial charge in [0, 0.05) is 12.2 Å². The highest BCUT2D eigenvalue weighted by atomic mass is 14.9. The third kappa shape index (κ3) is 5.27. The Morgan fingerprint density at radius 3 is 2.78 bits per heavy atom. The summed E-state index contributed by atoms with van der Waals surface area (Å²) in [7, 11) is 0. The summed E-state index contributed by atoms with van der Waals surface area (Å²) in [4.78, 5) is 0. The first-order valence-electron chi connectivity index (χ1n) is 9.35. The molecule has 2 unspecified atom stereocenters. The molecule has 0 aliphatic carbocycles. The van der Waals surface area contributed by atoms with Gasteiger partial charge in [-0.25, -0.2) is 0 Å². The molecule has 1 heteroatoms. The van der Waals surface area contributed by atoms with E-state index in [2.05, 4.69) is 63.0 Å². The lowest BCUT2D eigenvalue weighted by Gasteiger charge is -2.26. The van der Waals surface area contributed by atoms with Gasteiger partial charge in [0.05, 0.1) is 0 Å². The average Bonchev–Trinajstić information content (AvgIpc) is 2.52. The highest BCUT2D eigenvalue weighted by Gasteiger charge is 2.18. The van der Waals surface area contributed by atoms with Crippen molar-refractivity contribution in [3.8, 4) is 0 Å². The van der Waals surface area contributed by atoms with E-state index in [4.69, 9.17) is 0 Å². The van der Waals surface area contributed by atoms with Crippen molar-refractivity contribution in [1.29, 1.82) is 0 Å². The van der Waals surface area contributed by atoms with Crippen molar-refractivity contribution >= 4 is 5.69 Å². The van der Waals surface area contributed by atoms with Gasteiger partial charge in [-0.05, 0) is 61.1 Å². The zero-order valence-corrected chi connectivity index (χ0v) is 15.2. The Labute approximate surface area is 142 Å². The predicted octanol–water partition coefficient (Wildman–Crippen LogP) is 6.82. The van der Waals surface area contributed by atoms with Crippen LogP contribution >= 0.6 is 0 Å². The lowest BCUT2D eigenvalue weighted by Crippen LogP contribution is -2.14. The summed E-state index contributed by atoms with van der Waals surface area (Å²) in [6.07, 6.45) is 11.7. The molecule has 1 nitrogen and oxygen atoms in total. The number of anilines is 1. The molecular weight excluding hydrogens is 278 g/mol. The van der Waals surface area contributed by atoms with E-state index in [0.29, 0.717) is 5.92 Å². The van der Waals surface area contributed by atoms with Crippen LogP contribution in [0.15, 0.2) is 42.5 Å². The molecule has 0 amide bonds. The summed E-state index contributed by atoms with van der Waals surface area (Å²) in [6, 6.07) is 7.02. The number of hydrogen-bond donors (Lipinski definition) is 1. The summed E-state index contributed by atoms with van der Waals surface area (Å²) in [5.41, 5.74) is 5.61. The van der Waals surface area contributed by atoms with E-state index in [1.165, 1.54) is 48.1 Å². The van der Waals surface area contributed by atoms with Gasteiger partial charge in [0.15, 0.2) is 0 Å². The van der Waals surface area contributed by atoms with Gasteiger partial charge in [-0.1, -0.05) is 63.6 Å². The normalized spacial score (nSPS) is 15.6. The lowest BCUT2D eigenvalue weighted by atomic mass is 9.84. The molecular formula is C22H33N. The molecule has 1 aliphatic rings. The van der Waals surface area contributed by atoms with E-state index in [1.807, 2.05) is 0 Å². The molecule has 0 spiro atoms. The summed E-state index contributed by atoms with van der Waals surface area (Å²) in [5, 5.41) is 3.41. The summed E-state index contributed by atoms with van der Waals surface area (Å²) >= 11 is 0. The van der Waals surface area contributed by atoms with Crippen LogP contribution in [0.25, 0.3) is 0 Å². The molecule has 1 aromatic rings.